The number of aryl methyl sites for hydroxylation is 1. The first-order chi connectivity index (χ1) is 14.1. The van der Waals surface area contributed by atoms with Crippen LogP contribution in [0.5, 0.6) is 11.5 Å². The van der Waals surface area contributed by atoms with Crippen molar-refractivity contribution < 1.29 is 14.3 Å². The summed E-state index contributed by atoms with van der Waals surface area (Å²) in [7, 11) is 0. The fourth-order valence-corrected chi connectivity index (χ4v) is 4.89. The number of carbonyl (C=O) groups excluding carboxylic acids is 1. The van der Waals surface area contributed by atoms with Gasteiger partial charge in [0.2, 0.25) is 5.91 Å². The Hall–Kier alpha value is -2.79. The summed E-state index contributed by atoms with van der Waals surface area (Å²) in [5, 5.41) is 5.25. The van der Waals surface area contributed by atoms with Crippen molar-refractivity contribution >= 4 is 22.9 Å². The topological polar surface area (TPSA) is 47.6 Å². The molecule has 2 heterocycles. The molecule has 0 bridgehead atoms. The van der Waals surface area contributed by atoms with Crippen LogP contribution in [0.15, 0.2) is 47.8 Å². The number of rotatable bonds is 6. The first-order valence-corrected chi connectivity index (χ1v) is 10.9. The van der Waals surface area contributed by atoms with Crippen LogP contribution >= 0.6 is 11.3 Å². The maximum absolute atomic E-state index is 12.6. The molecule has 4 nitrogen and oxygen atoms in total. The van der Waals surface area contributed by atoms with Gasteiger partial charge < -0.3 is 14.8 Å². The van der Waals surface area contributed by atoms with Crippen LogP contribution in [0.2, 0.25) is 0 Å². The Bertz CT molecular complexity index is 1020. The Morgan fingerprint density at radius 2 is 1.76 bits per heavy atom. The van der Waals surface area contributed by atoms with Gasteiger partial charge in [0.25, 0.3) is 0 Å². The van der Waals surface area contributed by atoms with Crippen molar-refractivity contribution in [2.24, 2.45) is 0 Å². The number of benzene rings is 2. The lowest BCUT2D eigenvalue weighted by Crippen LogP contribution is -2.22. The Labute approximate surface area is 175 Å². The van der Waals surface area contributed by atoms with E-state index in [0.29, 0.717) is 19.6 Å². The highest BCUT2D eigenvalue weighted by molar-refractivity contribution is 7.11. The molecule has 1 aromatic heterocycles. The number of amides is 1. The highest BCUT2D eigenvalue weighted by Crippen LogP contribution is 2.47. The predicted molar refractivity (Wildman–Crippen MR) is 118 cm³/mol. The van der Waals surface area contributed by atoms with E-state index in [4.69, 9.17) is 9.47 Å². The van der Waals surface area contributed by atoms with Crippen LogP contribution in [0, 0.1) is 6.92 Å². The second-order valence-electron chi connectivity index (χ2n) is 7.13. The monoisotopic (exact) mass is 407 g/mol. The molecule has 1 amide bonds. The minimum atomic E-state index is 0.0119. The Morgan fingerprint density at radius 1 is 1.03 bits per heavy atom. The zero-order chi connectivity index (χ0) is 20.4. The van der Waals surface area contributed by atoms with Crippen molar-refractivity contribution in [2.75, 3.05) is 18.5 Å². The van der Waals surface area contributed by atoms with E-state index < -0.39 is 0 Å². The molecule has 3 aromatic rings. The summed E-state index contributed by atoms with van der Waals surface area (Å²) in [4.78, 5) is 13.7. The van der Waals surface area contributed by atoms with Crippen LogP contribution in [0.1, 0.15) is 42.2 Å². The van der Waals surface area contributed by atoms with Gasteiger partial charge in [-0.25, -0.2) is 0 Å². The summed E-state index contributed by atoms with van der Waals surface area (Å²) in [6, 6.07) is 14.4. The van der Waals surface area contributed by atoms with Crippen molar-refractivity contribution in [3.05, 3.63) is 63.8 Å². The van der Waals surface area contributed by atoms with Crippen LogP contribution in [-0.4, -0.2) is 19.1 Å². The molecule has 0 fully saturated rings. The van der Waals surface area contributed by atoms with Crippen molar-refractivity contribution in [2.45, 2.75) is 33.1 Å². The Balaban J connectivity index is 1.75. The molecule has 0 aliphatic carbocycles. The SMILES string of the molecule is CCOc1ccc([C@H]2CC(=O)Nc3c(-c4ccc(C)cc4)csc32)cc1OCC. The maximum Gasteiger partial charge on any atom is 0.225 e. The molecule has 2 aromatic carbocycles. The Morgan fingerprint density at radius 3 is 2.48 bits per heavy atom. The molecule has 5 heteroatoms. The first-order valence-electron chi connectivity index (χ1n) is 9.98. The zero-order valence-corrected chi connectivity index (χ0v) is 17.8. The second kappa shape index (κ2) is 8.29. The zero-order valence-electron chi connectivity index (χ0n) is 17.0. The van der Waals surface area contributed by atoms with E-state index in [1.54, 1.807) is 11.3 Å². The molecule has 150 valence electrons. The molecule has 1 aliphatic rings. The van der Waals surface area contributed by atoms with Crippen LogP contribution in [0.4, 0.5) is 5.69 Å². The number of anilines is 1. The molecule has 4 rings (SSSR count). The normalized spacial score (nSPS) is 15.6. The summed E-state index contributed by atoms with van der Waals surface area (Å²) < 4.78 is 11.5. The highest BCUT2D eigenvalue weighted by atomic mass is 32.1. The lowest BCUT2D eigenvalue weighted by Gasteiger charge is -2.25. The van der Waals surface area contributed by atoms with E-state index in [1.807, 2.05) is 32.0 Å². The van der Waals surface area contributed by atoms with E-state index in [0.717, 1.165) is 33.9 Å². The lowest BCUT2D eigenvalue weighted by molar-refractivity contribution is -0.116. The third kappa shape index (κ3) is 3.87. The fourth-order valence-electron chi connectivity index (χ4n) is 3.73. The third-order valence-corrected chi connectivity index (χ3v) is 6.22. The summed E-state index contributed by atoms with van der Waals surface area (Å²) in [6.45, 7) is 7.14. The summed E-state index contributed by atoms with van der Waals surface area (Å²) >= 11 is 1.70. The van der Waals surface area contributed by atoms with E-state index in [9.17, 15) is 4.79 Å². The number of hydrogen-bond acceptors (Lipinski definition) is 4. The maximum atomic E-state index is 12.6. The number of carbonyl (C=O) groups is 1. The molecule has 0 saturated heterocycles. The van der Waals surface area contributed by atoms with Gasteiger partial charge in [-0.1, -0.05) is 35.9 Å². The smallest absolute Gasteiger partial charge is 0.225 e. The molecule has 0 radical (unpaired) electrons. The van der Waals surface area contributed by atoms with Gasteiger partial charge >= 0.3 is 0 Å². The van der Waals surface area contributed by atoms with Crippen LogP contribution in [0.25, 0.3) is 11.1 Å². The minimum Gasteiger partial charge on any atom is -0.490 e. The second-order valence-corrected chi connectivity index (χ2v) is 8.04. The van der Waals surface area contributed by atoms with E-state index in [2.05, 4.69) is 41.9 Å². The summed E-state index contributed by atoms with van der Waals surface area (Å²) in [5.74, 6) is 1.53. The van der Waals surface area contributed by atoms with E-state index in [-0.39, 0.29) is 11.8 Å². The van der Waals surface area contributed by atoms with Gasteiger partial charge in [-0.15, -0.1) is 11.3 Å². The number of fused-ring (bicyclic) bond motifs is 1. The quantitative estimate of drug-likeness (QED) is 0.545. The molecule has 1 aliphatic heterocycles. The van der Waals surface area contributed by atoms with Crippen molar-refractivity contribution in [1.82, 2.24) is 0 Å². The summed E-state index contributed by atoms with van der Waals surface area (Å²) in [5.41, 5.74) is 5.43. The predicted octanol–water partition coefficient (Wildman–Crippen LogP) is 6.00. The van der Waals surface area contributed by atoms with Gasteiger partial charge in [-0.2, -0.15) is 0 Å². The van der Waals surface area contributed by atoms with Gasteiger partial charge in [0.15, 0.2) is 11.5 Å². The number of nitrogens with one attached hydrogen (secondary N) is 1. The minimum absolute atomic E-state index is 0.0119. The summed E-state index contributed by atoms with van der Waals surface area (Å²) in [6.07, 6.45) is 0.431. The van der Waals surface area contributed by atoms with Crippen LogP contribution in [-0.2, 0) is 4.79 Å². The molecule has 0 saturated carbocycles. The molecule has 1 N–H and O–H groups in total. The standard InChI is InChI=1S/C24H25NO3S/c1-4-27-20-11-10-17(12-21(20)28-5-2)18-13-22(26)25-23-19(14-29-24(18)23)16-8-6-15(3)7-9-16/h6-12,14,18H,4-5,13H2,1-3H3,(H,25,26)/t18-/m1/s1. The van der Waals surface area contributed by atoms with Gasteiger partial charge in [0.05, 0.1) is 18.9 Å². The number of thiophene rings is 1. The average molecular weight is 408 g/mol. The van der Waals surface area contributed by atoms with Gasteiger partial charge in [0, 0.05) is 28.2 Å². The van der Waals surface area contributed by atoms with Crippen molar-refractivity contribution in [3.63, 3.8) is 0 Å². The van der Waals surface area contributed by atoms with Crippen molar-refractivity contribution in [3.8, 4) is 22.6 Å². The Kier molecular flexibility index (Phi) is 5.58. The molecule has 0 unspecified atom stereocenters. The average Bonchev–Trinajstić information content (AvgIpc) is 3.13. The molecule has 1 atom stereocenters. The van der Waals surface area contributed by atoms with E-state index >= 15 is 0 Å². The van der Waals surface area contributed by atoms with Crippen LogP contribution in [0.3, 0.4) is 0 Å². The first kappa shape index (κ1) is 19.5. The lowest BCUT2D eigenvalue weighted by atomic mass is 9.89. The number of hydrogen-bond donors (Lipinski definition) is 1. The molecular weight excluding hydrogens is 382 g/mol. The largest absolute Gasteiger partial charge is 0.490 e. The number of ether oxygens (including phenoxy) is 2. The van der Waals surface area contributed by atoms with Gasteiger partial charge in [-0.05, 0) is 44.0 Å². The van der Waals surface area contributed by atoms with Crippen LogP contribution < -0.4 is 14.8 Å². The third-order valence-electron chi connectivity index (χ3n) is 5.12. The molecule has 29 heavy (non-hydrogen) atoms. The van der Waals surface area contributed by atoms with E-state index in [1.165, 1.54) is 10.4 Å². The highest BCUT2D eigenvalue weighted by Gasteiger charge is 2.31. The molecule has 0 spiro atoms. The van der Waals surface area contributed by atoms with Crippen molar-refractivity contribution in [1.29, 1.82) is 0 Å². The molecular formula is C24H25NO3S. The van der Waals surface area contributed by atoms with Gasteiger partial charge in [0.1, 0.15) is 0 Å². The van der Waals surface area contributed by atoms with Gasteiger partial charge in [-0.3, -0.25) is 4.79 Å². The fraction of sp³-hybridized carbons (Fsp3) is 0.292.